The summed E-state index contributed by atoms with van der Waals surface area (Å²) in [6.07, 6.45) is 6.58. The Morgan fingerprint density at radius 1 is 1.09 bits per heavy atom. The monoisotopic (exact) mass is 492 g/mol. The summed E-state index contributed by atoms with van der Waals surface area (Å²) in [7, 11) is 0. The van der Waals surface area contributed by atoms with Gasteiger partial charge in [0, 0.05) is 21.1 Å². The van der Waals surface area contributed by atoms with E-state index >= 15 is 0 Å². The largest absolute Gasteiger partial charge is 0.332 e. The molecule has 0 spiro atoms. The zero-order chi connectivity index (χ0) is 23.5. The number of rotatable bonds is 4. The fourth-order valence-electron chi connectivity index (χ4n) is 6.76. The second-order valence-electron chi connectivity index (χ2n) is 10.3. The van der Waals surface area contributed by atoms with E-state index in [1.165, 1.54) is 32.3 Å². The topological polar surface area (TPSA) is 108 Å². The second-order valence-corrected chi connectivity index (χ2v) is 11.1. The Morgan fingerprint density at radius 2 is 1.70 bits per heavy atom. The Morgan fingerprint density at radius 3 is 2.27 bits per heavy atom. The number of halogens is 2. The highest BCUT2D eigenvalue weighted by molar-refractivity contribution is 6.35. The molecule has 6 rings (SSSR count). The van der Waals surface area contributed by atoms with Crippen molar-refractivity contribution in [3.8, 4) is 0 Å². The maximum absolute atomic E-state index is 13.1. The maximum atomic E-state index is 13.1. The van der Waals surface area contributed by atoms with Crippen LogP contribution in [0.5, 0.6) is 0 Å². The molecular formula is C23H26Cl2N4O4. The van der Waals surface area contributed by atoms with Crippen LogP contribution in [0.25, 0.3) is 0 Å². The maximum Gasteiger partial charge on any atom is 0.325 e. The first kappa shape index (κ1) is 22.5. The first-order valence-corrected chi connectivity index (χ1v) is 12.0. The summed E-state index contributed by atoms with van der Waals surface area (Å²) in [4.78, 5) is 51.6. The number of hydrogen-bond acceptors (Lipinski definition) is 4. The molecule has 4 saturated carbocycles. The molecular weight excluding hydrogens is 467 g/mol. The molecule has 1 aromatic rings. The van der Waals surface area contributed by atoms with E-state index in [1.807, 2.05) is 0 Å². The molecule has 0 aromatic heterocycles. The van der Waals surface area contributed by atoms with Gasteiger partial charge in [-0.1, -0.05) is 29.3 Å². The van der Waals surface area contributed by atoms with Crippen LogP contribution in [0.4, 0.5) is 9.59 Å². The lowest BCUT2D eigenvalue weighted by molar-refractivity contribution is -0.134. The highest BCUT2D eigenvalue weighted by Gasteiger charge is 2.52. The fourth-order valence-corrected chi connectivity index (χ4v) is 7.36. The van der Waals surface area contributed by atoms with Crippen molar-refractivity contribution in [2.45, 2.75) is 56.5 Å². The van der Waals surface area contributed by atoms with Crippen molar-refractivity contribution in [1.29, 1.82) is 0 Å². The molecule has 176 valence electrons. The molecule has 4 bridgehead atoms. The van der Waals surface area contributed by atoms with Gasteiger partial charge in [0.2, 0.25) is 5.91 Å². The first-order valence-electron chi connectivity index (χ1n) is 11.3. The molecule has 10 heteroatoms. The number of nitrogens with one attached hydrogen (secondary N) is 3. The van der Waals surface area contributed by atoms with Crippen LogP contribution in [0.3, 0.4) is 0 Å². The van der Waals surface area contributed by atoms with Gasteiger partial charge in [-0.3, -0.25) is 19.8 Å². The number of urea groups is 2. The molecule has 4 aliphatic carbocycles. The molecule has 1 aliphatic heterocycles. The minimum atomic E-state index is -1.44. The predicted molar refractivity (Wildman–Crippen MR) is 122 cm³/mol. The third-order valence-corrected chi connectivity index (χ3v) is 8.26. The lowest BCUT2D eigenvalue weighted by atomic mass is 9.53. The van der Waals surface area contributed by atoms with Gasteiger partial charge in [-0.2, -0.15) is 0 Å². The summed E-state index contributed by atoms with van der Waals surface area (Å²) in [5.74, 6) is 0.585. The van der Waals surface area contributed by atoms with Crippen LogP contribution in [0.2, 0.25) is 10.0 Å². The Hall–Kier alpha value is -2.32. The summed E-state index contributed by atoms with van der Waals surface area (Å²) >= 11 is 12.2. The van der Waals surface area contributed by atoms with Crippen LogP contribution in [-0.4, -0.2) is 40.9 Å². The van der Waals surface area contributed by atoms with E-state index in [0.29, 0.717) is 28.3 Å². The SMILES string of the molecule is CC1(c2ccc(Cl)cc2Cl)NC(=O)N(CC(=O)NC(=O)NC23CC4CC(CC(C4)C2)C3)C1=O. The van der Waals surface area contributed by atoms with Gasteiger partial charge in [0.15, 0.2) is 0 Å². The third kappa shape index (κ3) is 3.97. The van der Waals surface area contributed by atoms with Crippen LogP contribution in [0, 0.1) is 17.8 Å². The number of carbonyl (C=O) groups is 4. The van der Waals surface area contributed by atoms with Gasteiger partial charge in [-0.25, -0.2) is 9.59 Å². The molecule has 3 N–H and O–H groups in total. The van der Waals surface area contributed by atoms with Gasteiger partial charge in [0.1, 0.15) is 12.1 Å². The highest BCUT2D eigenvalue weighted by Crippen LogP contribution is 2.55. The summed E-state index contributed by atoms with van der Waals surface area (Å²) in [5.41, 5.74) is -1.32. The molecule has 5 aliphatic rings. The van der Waals surface area contributed by atoms with Crippen LogP contribution >= 0.6 is 23.2 Å². The van der Waals surface area contributed by atoms with E-state index in [0.717, 1.165) is 24.2 Å². The zero-order valence-electron chi connectivity index (χ0n) is 18.2. The fraction of sp³-hybridized carbons (Fsp3) is 0.565. The second kappa shape index (κ2) is 7.87. The van der Waals surface area contributed by atoms with E-state index in [1.54, 1.807) is 12.1 Å². The van der Waals surface area contributed by atoms with Crippen molar-refractivity contribution >= 4 is 47.1 Å². The first-order chi connectivity index (χ1) is 15.6. The number of nitrogens with zero attached hydrogens (tertiary/aromatic N) is 1. The number of imide groups is 2. The molecule has 1 heterocycles. The quantitative estimate of drug-likeness (QED) is 0.558. The van der Waals surface area contributed by atoms with Gasteiger partial charge in [0.05, 0.1) is 0 Å². The van der Waals surface area contributed by atoms with Crippen molar-refractivity contribution in [3.05, 3.63) is 33.8 Å². The Labute approximate surface area is 201 Å². The van der Waals surface area contributed by atoms with Crippen LogP contribution in [0.15, 0.2) is 18.2 Å². The number of benzene rings is 1. The van der Waals surface area contributed by atoms with Gasteiger partial charge < -0.3 is 10.6 Å². The molecule has 1 saturated heterocycles. The minimum Gasteiger partial charge on any atom is -0.332 e. The van der Waals surface area contributed by atoms with E-state index < -0.39 is 36.0 Å². The minimum absolute atomic E-state index is 0.222. The van der Waals surface area contributed by atoms with Crippen molar-refractivity contribution in [2.24, 2.45) is 17.8 Å². The third-order valence-electron chi connectivity index (χ3n) is 7.72. The Bertz CT molecular complexity index is 1030. The average Bonchev–Trinajstić information content (AvgIpc) is 2.89. The lowest BCUT2D eigenvalue weighted by Gasteiger charge is -2.56. The highest BCUT2D eigenvalue weighted by atomic mass is 35.5. The summed E-state index contributed by atoms with van der Waals surface area (Å²) in [6, 6.07) is 3.30. The molecule has 1 unspecified atom stereocenters. The van der Waals surface area contributed by atoms with E-state index in [9.17, 15) is 19.2 Å². The molecule has 6 amide bonds. The predicted octanol–water partition coefficient (Wildman–Crippen LogP) is 3.56. The van der Waals surface area contributed by atoms with Crippen LogP contribution in [-0.2, 0) is 15.1 Å². The summed E-state index contributed by atoms with van der Waals surface area (Å²) in [6.45, 7) is 0.944. The summed E-state index contributed by atoms with van der Waals surface area (Å²) < 4.78 is 0. The van der Waals surface area contributed by atoms with Crippen LogP contribution < -0.4 is 16.0 Å². The zero-order valence-corrected chi connectivity index (χ0v) is 19.8. The summed E-state index contributed by atoms with van der Waals surface area (Å²) in [5, 5.41) is 8.57. The standard InChI is InChI=1S/C23H26Cl2N4O4/c1-22(16-3-2-15(24)7-17(16)25)19(31)29(21(33)28-22)11-18(30)26-20(32)27-23-8-12-4-13(9-23)6-14(5-12)10-23/h2-3,7,12-14H,4-6,8-11H2,1H3,(H,28,33)(H2,26,27,30,32). The van der Waals surface area contributed by atoms with Gasteiger partial charge in [-0.15, -0.1) is 0 Å². The van der Waals surface area contributed by atoms with Crippen molar-refractivity contribution < 1.29 is 19.2 Å². The van der Waals surface area contributed by atoms with E-state index in [-0.39, 0.29) is 10.6 Å². The molecule has 33 heavy (non-hydrogen) atoms. The number of hydrogen-bond donors (Lipinski definition) is 3. The molecule has 5 fully saturated rings. The van der Waals surface area contributed by atoms with Gasteiger partial charge in [-0.05, 0) is 75.3 Å². The molecule has 1 atom stereocenters. The van der Waals surface area contributed by atoms with E-state index in [4.69, 9.17) is 23.2 Å². The van der Waals surface area contributed by atoms with Gasteiger partial charge in [0.25, 0.3) is 5.91 Å². The van der Waals surface area contributed by atoms with E-state index in [2.05, 4.69) is 16.0 Å². The molecule has 0 radical (unpaired) electrons. The average molecular weight is 493 g/mol. The number of amides is 6. The Balaban J connectivity index is 1.22. The normalized spacial score (nSPS) is 34.4. The van der Waals surface area contributed by atoms with Crippen LogP contribution in [0.1, 0.15) is 51.0 Å². The lowest BCUT2D eigenvalue weighted by Crippen LogP contribution is -2.62. The smallest absolute Gasteiger partial charge is 0.325 e. The van der Waals surface area contributed by atoms with Crippen molar-refractivity contribution in [2.75, 3.05) is 6.54 Å². The van der Waals surface area contributed by atoms with Gasteiger partial charge >= 0.3 is 12.1 Å². The molecule has 1 aromatic carbocycles. The number of carbonyl (C=O) groups excluding carboxylic acids is 4. The van der Waals surface area contributed by atoms with Crippen molar-refractivity contribution in [3.63, 3.8) is 0 Å². The van der Waals surface area contributed by atoms with Crippen molar-refractivity contribution in [1.82, 2.24) is 20.9 Å². The Kier molecular flexibility index (Phi) is 5.36. The molecule has 8 nitrogen and oxygen atoms in total.